The highest BCUT2D eigenvalue weighted by Gasteiger charge is 2.53. The van der Waals surface area contributed by atoms with Gasteiger partial charge in [-0.2, -0.15) is 34.2 Å². The predicted molar refractivity (Wildman–Crippen MR) is 211 cm³/mol. The van der Waals surface area contributed by atoms with Crippen molar-refractivity contribution in [1.82, 2.24) is 0 Å². The molecule has 63 heavy (non-hydrogen) atoms. The topological polar surface area (TPSA) is 209 Å². The van der Waals surface area contributed by atoms with Crippen LogP contribution in [0.2, 0.25) is 0 Å². The van der Waals surface area contributed by atoms with E-state index in [1.807, 2.05) is 0 Å². The lowest BCUT2D eigenvalue weighted by atomic mass is 9.74. The molecule has 0 aromatic heterocycles. The van der Waals surface area contributed by atoms with Gasteiger partial charge in [0.1, 0.15) is 6.54 Å². The molecule has 0 radical (unpaired) electrons. The second-order valence-electron chi connectivity index (χ2n) is 15.9. The van der Waals surface area contributed by atoms with Gasteiger partial charge in [0.25, 0.3) is 36.0 Å². The van der Waals surface area contributed by atoms with Crippen LogP contribution in [0.4, 0.5) is 46.5 Å². The predicted octanol–water partition coefficient (Wildman–Crippen LogP) is 6.47. The number of carbonyl (C=O) groups is 1. The lowest BCUT2D eigenvalue weighted by Crippen LogP contribution is -2.33. The lowest BCUT2D eigenvalue weighted by molar-refractivity contribution is -0.441. The third-order valence-electron chi connectivity index (χ3n) is 11.3. The van der Waals surface area contributed by atoms with E-state index in [0.717, 1.165) is 9.48 Å². The second-order valence-corrected chi connectivity index (χ2v) is 20.6. The summed E-state index contributed by atoms with van der Waals surface area (Å²) in [6.07, 6.45) is 1.57. The maximum Gasteiger partial charge on any atom is 0.264 e. The van der Waals surface area contributed by atoms with E-state index in [4.69, 9.17) is 0 Å². The smallest absolute Gasteiger partial charge is 0.264 e. The van der Waals surface area contributed by atoms with Crippen molar-refractivity contribution in [3.63, 3.8) is 0 Å². The average molecular weight is 967 g/mol. The SMILES string of the molecule is CC1(CCCCS(=O)(=O)O)C(=CC=CC2=[N+](CCCCCC(=O)[O-])c3c(F)c(F)c(F)c(F)c3C2(C)CCCCS(=O)(=O)O)N(CCCCS(=O)(=O)O)c2c(F)c(F)c(F)c(F)c21. The maximum atomic E-state index is 16.0. The van der Waals surface area contributed by atoms with E-state index < -0.39 is 140 Å². The van der Waals surface area contributed by atoms with Crippen LogP contribution in [-0.2, 0) is 46.0 Å². The molecule has 2 atom stereocenters. The van der Waals surface area contributed by atoms with Crippen molar-refractivity contribution in [2.75, 3.05) is 35.2 Å². The molecule has 0 fully saturated rings. The number of carbonyl (C=O) groups excluding carboxylic acids is 1. The molecule has 2 aliphatic heterocycles. The number of fused-ring (bicyclic) bond motifs is 2. The number of benzene rings is 2. The third kappa shape index (κ3) is 11.8. The first-order chi connectivity index (χ1) is 29.1. The van der Waals surface area contributed by atoms with Crippen molar-refractivity contribution in [2.24, 2.45) is 0 Å². The van der Waals surface area contributed by atoms with E-state index in [1.165, 1.54) is 32.1 Å². The summed E-state index contributed by atoms with van der Waals surface area (Å²) >= 11 is 0. The first kappa shape index (κ1) is 51.7. The van der Waals surface area contributed by atoms with Crippen LogP contribution in [0.3, 0.4) is 0 Å². The van der Waals surface area contributed by atoms with Crippen molar-refractivity contribution < 1.29 is 88.5 Å². The summed E-state index contributed by atoms with van der Waals surface area (Å²) in [6, 6.07) is 0. The number of unbranched alkanes of at least 4 members (excludes halogenated alkanes) is 5. The van der Waals surface area contributed by atoms with Crippen LogP contribution >= 0.6 is 0 Å². The Balaban J connectivity index is 1.98. The quantitative estimate of drug-likeness (QED) is 0.0274. The number of carboxylic acid groups (broad SMARTS) is 1. The molecule has 0 bridgehead atoms. The van der Waals surface area contributed by atoms with E-state index in [0.29, 0.717) is 0 Å². The number of allylic oxidation sites excluding steroid dienone is 4. The summed E-state index contributed by atoms with van der Waals surface area (Å²) in [4.78, 5) is 12.0. The normalized spacial score (nSPS) is 19.8. The Bertz CT molecular complexity index is 2550. The Morgan fingerprint density at radius 3 is 1.62 bits per heavy atom. The van der Waals surface area contributed by atoms with Gasteiger partial charge in [0, 0.05) is 41.7 Å². The highest BCUT2D eigenvalue weighted by Crippen LogP contribution is 2.54. The zero-order valence-corrected chi connectivity index (χ0v) is 36.5. The van der Waals surface area contributed by atoms with E-state index in [9.17, 15) is 62.0 Å². The van der Waals surface area contributed by atoms with Crippen LogP contribution in [-0.4, -0.2) is 85.5 Å². The van der Waals surface area contributed by atoms with Crippen LogP contribution < -0.4 is 10.0 Å². The molecule has 2 aromatic rings. The Kier molecular flexibility index (Phi) is 16.4. The number of carboxylic acids is 1. The van der Waals surface area contributed by atoms with E-state index >= 15 is 22.0 Å². The number of nitrogens with zero attached hydrogens (tertiary/aromatic N) is 2. The summed E-state index contributed by atoms with van der Waals surface area (Å²) in [5.74, 6) is -19.7. The summed E-state index contributed by atoms with van der Waals surface area (Å²) in [7, 11) is -13.5. The minimum absolute atomic E-state index is 0.0496. The van der Waals surface area contributed by atoms with Crippen LogP contribution in [0.5, 0.6) is 0 Å². The molecule has 0 spiro atoms. The van der Waals surface area contributed by atoms with E-state index in [-0.39, 0.29) is 95.0 Å². The monoisotopic (exact) mass is 966 g/mol. The van der Waals surface area contributed by atoms with E-state index in [1.54, 1.807) is 0 Å². The van der Waals surface area contributed by atoms with Crippen molar-refractivity contribution in [3.8, 4) is 0 Å². The van der Waals surface area contributed by atoms with Crippen LogP contribution in [0.15, 0.2) is 23.9 Å². The largest absolute Gasteiger partial charge is 0.550 e. The third-order valence-corrected chi connectivity index (χ3v) is 13.7. The molecule has 3 N–H and O–H groups in total. The van der Waals surface area contributed by atoms with E-state index in [2.05, 4.69) is 0 Å². The molecule has 2 heterocycles. The van der Waals surface area contributed by atoms with Gasteiger partial charge < -0.3 is 14.8 Å². The van der Waals surface area contributed by atoms with Crippen molar-refractivity contribution in [1.29, 1.82) is 0 Å². The Hall–Kier alpha value is -3.97. The van der Waals surface area contributed by atoms with Gasteiger partial charge in [0.2, 0.25) is 11.6 Å². The number of aliphatic carboxylic acids is 1. The van der Waals surface area contributed by atoms with Crippen molar-refractivity contribution in [3.05, 3.63) is 81.6 Å². The number of rotatable bonds is 23. The molecule has 0 amide bonds. The van der Waals surface area contributed by atoms with Gasteiger partial charge in [-0.15, -0.1) is 0 Å². The number of halogens is 8. The Labute approximate surface area is 359 Å². The maximum absolute atomic E-state index is 16.0. The van der Waals surface area contributed by atoms with Gasteiger partial charge in [-0.05, 0) is 77.7 Å². The molecule has 0 aliphatic carbocycles. The van der Waals surface area contributed by atoms with Crippen LogP contribution in [0.1, 0.15) is 102 Å². The van der Waals surface area contributed by atoms with Crippen LogP contribution in [0, 0.1) is 46.5 Å². The zero-order valence-electron chi connectivity index (χ0n) is 34.0. The Morgan fingerprint density at radius 1 is 0.619 bits per heavy atom. The molecular formula is C39H46F8N2O11S3. The number of hydrogen-bond acceptors (Lipinski definition) is 9. The molecule has 2 unspecified atom stereocenters. The summed E-state index contributed by atoms with van der Waals surface area (Å²) in [6.45, 7) is 1.89. The van der Waals surface area contributed by atoms with Gasteiger partial charge in [-0.1, -0.05) is 18.9 Å². The molecule has 352 valence electrons. The van der Waals surface area contributed by atoms with Gasteiger partial charge in [-0.25, -0.2) is 30.7 Å². The average Bonchev–Trinajstić information content (AvgIpc) is 3.56. The molecular weight excluding hydrogens is 921 g/mol. The molecule has 4 rings (SSSR count). The lowest BCUT2D eigenvalue weighted by Gasteiger charge is -2.30. The number of hydrogen-bond donors (Lipinski definition) is 3. The molecule has 0 saturated carbocycles. The minimum atomic E-state index is -4.51. The van der Waals surface area contributed by atoms with Gasteiger partial charge in [-0.3, -0.25) is 13.7 Å². The fourth-order valence-corrected chi connectivity index (χ4v) is 10.1. The Morgan fingerprint density at radius 2 is 1.10 bits per heavy atom. The minimum Gasteiger partial charge on any atom is -0.550 e. The second kappa shape index (κ2) is 20.0. The summed E-state index contributed by atoms with van der Waals surface area (Å²) in [5, 5.41) is 11.0. The molecule has 2 aromatic carbocycles. The van der Waals surface area contributed by atoms with Gasteiger partial charge >= 0.3 is 0 Å². The van der Waals surface area contributed by atoms with Crippen LogP contribution in [0.25, 0.3) is 0 Å². The fraction of sp³-hybridized carbons (Fsp3) is 0.538. The standard InChI is InChI=1S/C39H46F8N2O11S3/c1-38(16-5-9-20-61(52,53)54)23(48(18-7-3-4-15-25(50)51)36-26(38)28(40)30(42)32(44)34(36)46)13-12-14-24-39(2,17-6-10-21-62(55,56)57)27-29(41)31(43)33(45)35(47)37(27)49(24)19-8-11-22-63(58,59)60/h12-14H,3-11,15-22H2,1-2H3,(H3-,50,51,52,53,54,55,56,57,58,59,60). The van der Waals surface area contributed by atoms with Crippen molar-refractivity contribution >= 4 is 53.4 Å². The molecule has 2 aliphatic rings. The summed E-state index contributed by atoms with van der Waals surface area (Å²) in [5.41, 5.74) is -6.87. The molecule has 24 heteroatoms. The molecule has 13 nitrogen and oxygen atoms in total. The highest BCUT2D eigenvalue weighted by molar-refractivity contribution is 7.86. The van der Waals surface area contributed by atoms with Crippen molar-refractivity contribution in [2.45, 2.75) is 102 Å². The highest BCUT2D eigenvalue weighted by atomic mass is 32.2. The zero-order chi connectivity index (χ0) is 47.5. The number of anilines is 1. The first-order valence-electron chi connectivity index (χ1n) is 19.7. The first-order valence-corrected chi connectivity index (χ1v) is 24.5. The summed E-state index contributed by atoms with van der Waals surface area (Å²) < 4.78 is 221. The fourth-order valence-electron chi connectivity index (χ4n) is 8.39. The molecule has 0 saturated heterocycles. The van der Waals surface area contributed by atoms with Gasteiger partial charge in [0.15, 0.2) is 40.6 Å². The van der Waals surface area contributed by atoms with Gasteiger partial charge in [0.05, 0.1) is 33.9 Å².